The van der Waals surface area contributed by atoms with Gasteiger partial charge in [0.25, 0.3) is 0 Å². The van der Waals surface area contributed by atoms with E-state index in [9.17, 15) is 0 Å². The zero-order valence-electron chi connectivity index (χ0n) is 31.4. The van der Waals surface area contributed by atoms with Crippen LogP contribution in [-0.2, 0) is 21.7 Å². The van der Waals surface area contributed by atoms with Gasteiger partial charge in [0.05, 0.1) is 11.4 Å². The number of benzene rings is 5. The topological polar surface area (TPSA) is 12.5 Å². The second-order valence-corrected chi connectivity index (χ2v) is 19.5. The molecule has 0 radical (unpaired) electrons. The van der Waals surface area contributed by atoms with Crippen LogP contribution < -0.4 is 26.0 Å². The molecule has 6 aromatic rings. The molecule has 0 unspecified atom stereocenters. The molecule has 4 heteroatoms. The zero-order chi connectivity index (χ0) is 35.4. The third-order valence-corrected chi connectivity index (χ3v) is 14.4. The monoisotopic (exact) mass is 683 g/mol. The van der Waals surface area contributed by atoms with E-state index in [1.54, 1.807) is 0 Å². The minimum atomic E-state index is -0.182. The summed E-state index contributed by atoms with van der Waals surface area (Å²) in [5.41, 5.74) is 16.1. The van der Waals surface area contributed by atoms with Crippen molar-refractivity contribution in [2.75, 3.05) is 4.90 Å². The molecule has 1 aliphatic carbocycles. The highest BCUT2D eigenvalue weighted by Gasteiger charge is 2.51. The number of hydrogen-bond acceptors (Lipinski definition) is 3. The molecule has 1 aromatic heterocycles. The maximum absolute atomic E-state index is 7.25. The van der Waals surface area contributed by atoms with Gasteiger partial charge in [0.15, 0.2) is 11.5 Å². The lowest BCUT2D eigenvalue weighted by molar-refractivity contribution is 0.319. The smallest absolute Gasteiger partial charge is 0.249 e. The van der Waals surface area contributed by atoms with Gasteiger partial charge in [-0.05, 0) is 103 Å². The molecule has 0 amide bonds. The number of hydrogen-bond donors (Lipinski definition) is 0. The van der Waals surface area contributed by atoms with E-state index in [2.05, 4.69) is 158 Å². The second kappa shape index (κ2) is 9.98. The first-order valence-electron chi connectivity index (χ1n) is 18.8. The van der Waals surface area contributed by atoms with Crippen LogP contribution in [0.25, 0.3) is 21.2 Å². The lowest BCUT2D eigenvalue weighted by Crippen LogP contribution is -2.63. The molecule has 0 atom stereocenters. The van der Waals surface area contributed by atoms with Gasteiger partial charge in [-0.15, -0.1) is 11.3 Å². The van der Waals surface area contributed by atoms with Gasteiger partial charge in [0.1, 0.15) is 0 Å². The van der Waals surface area contributed by atoms with Crippen molar-refractivity contribution in [3.63, 3.8) is 0 Å². The average Bonchev–Trinajstić information content (AvgIpc) is 3.49. The lowest BCUT2D eigenvalue weighted by Gasteiger charge is -2.48. The molecule has 0 fully saturated rings. The Kier molecular flexibility index (Phi) is 6.16. The molecule has 0 saturated carbocycles. The van der Waals surface area contributed by atoms with Gasteiger partial charge in [0.2, 0.25) is 6.71 Å². The van der Waals surface area contributed by atoms with Crippen molar-refractivity contribution >= 4 is 61.6 Å². The van der Waals surface area contributed by atoms with Crippen LogP contribution >= 0.6 is 11.3 Å². The summed E-state index contributed by atoms with van der Waals surface area (Å²) in [6, 6.07) is 34.8. The van der Waals surface area contributed by atoms with Crippen LogP contribution in [0.4, 0.5) is 17.1 Å². The summed E-state index contributed by atoms with van der Waals surface area (Å²) in [6.07, 6.45) is 2.31. The number of para-hydroxylation sites is 1. The van der Waals surface area contributed by atoms with E-state index in [0.29, 0.717) is 0 Å². The van der Waals surface area contributed by atoms with Crippen molar-refractivity contribution in [1.29, 1.82) is 0 Å². The molecule has 4 aliphatic rings. The van der Waals surface area contributed by atoms with E-state index in [1.807, 2.05) is 11.3 Å². The summed E-state index contributed by atoms with van der Waals surface area (Å²) in [5.74, 6) is 2.00. The van der Waals surface area contributed by atoms with Crippen molar-refractivity contribution < 1.29 is 4.74 Å². The van der Waals surface area contributed by atoms with Crippen LogP contribution in [0.5, 0.6) is 11.5 Å². The van der Waals surface area contributed by atoms with Crippen LogP contribution in [0.3, 0.4) is 0 Å². The Morgan fingerprint density at radius 3 is 2.24 bits per heavy atom. The van der Waals surface area contributed by atoms with Crippen molar-refractivity contribution in [1.82, 2.24) is 0 Å². The SMILES string of the molecule is CC(C)(C)c1ccc2sc3c(c2c1)B1c2cccc4c2N(c2ccc5c(c2O4)C(C)(C)CCC5(C)C)c2cc(-c4ccccc4)cc(c21)C3(C)C. The number of nitrogens with zero attached hydrogens (tertiary/aromatic N) is 1. The van der Waals surface area contributed by atoms with E-state index < -0.39 is 0 Å². The summed E-state index contributed by atoms with van der Waals surface area (Å²) in [4.78, 5) is 4.08. The van der Waals surface area contributed by atoms with E-state index >= 15 is 0 Å². The number of rotatable bonds is 1. The fourth-order valence-corrected chi connectivity index (χ4v) is 11.2. The Morgan fingerprint density at radius 1 is 0.706 bits per heavy atom. The molecule has 0 N–H and O–H groups in total. The largest absolute Gasteiger partial charge is 0.453 e. The number of fused-ring (bicyclic) bond motifs is 10. The molecular weight excluding hydrogens is 637 g/mol. The molecular formula is C47H46BNOS. The first kappa shape index (κ1) is 31.5. The predicted octanol–water partition coefficient (Wildman–Crippen LogP) is 11.3. The fourth-order valence-electron chi connectivity index (χ4n) is 9.90. The summed E-state index contributed by atoms with van der Waals surface area (Å²) >= 11 is 2.00. The van der Waals surface area contributed by atoms with E-state index in [4.69, 9.17) is 4.74 Å². The Hall–Kier alpha value is -4.28. The molecule has 0 bridgehead atoms. The Bertz CT molecular complexity index is 2480. The van der Waals surface area contributed by atoms with E-state index in [1.165, 1.54) is 88.2 Å². The maximum Gasteiger partial charge on any atom is 0.249 e. The highest BCUT2D eigenvalue weighted by molar-refractivity contribution is 7.22. The molecule has 2 nitrogen and oxygen atoms in total. The molecule has 0 saturated heterocycles. The van der Waals surface area contributed by atoms with Crippen LogP contribution in [0.15, 0.2) is 91.0 Å². The zero-order valence-corrected chi connectivity index (χ0v) is 32.2. The van der Waals surface area contributed by atoms with Gasteiger partial charge in [-0.25, -0.2) is 0 Å². The van der Waals surface area contributed by atoms with Gasteiger partial charge >= 0.3 is 0 Å². The lowest BCUT2D eigenvalue weighted by atomic mass is 9.30. The third-order valence-electron chi connectivity index (χ3n) is 12.9. The normalized spacial score (nSPS) is 18.3. The summed E-state index contributed by atoms with van der Waals surface area (Å²) in [6.45, 7) is 21.7. The van der Waals surface area contributed by atoms with Crippen LogP contribution in [0.2, 0.25) is 0 Å². The molecule has 4 heterocycles. The number of anilines is 3. The van der Waals surface area contributed by atoms with Crippen molar-refractivity contribution in [2.24, 2.45) is 0 Å². The van der Waals surface area contributed by atoms with Crippen LogP contribution in [-0.4, -0.2) is 6.71 Å². The summed E-state index contributed by atoms with van der Waals surface area (Å²) in [7, 11) is 0. The Morgan fingerprint density at radius 2 is 1.47 bits per heavy atom. The van der Waals surface area contributed by atoms with Gasteiger partial charge in [-0.2, -0.15) is 0 Å². The van der Waals surface area contributed by atoms with Crippen molar-refractivity contribution in [2.45, 2.75) is 96.8 Å². The van der Waals surface area contributed by atoms with E-state index in [-0.39, 0.29) is 28.4 Å². The van der Waals surface area contributed by atoms with Crippen molar-refractivity contribution in [3.05, 3.63) is 118 Å². The molecule has 51 heavy (non-hydrogen) atoms. The molecule has 5 aromatic carbocycles. The second-order valence-electron chi connectivity index (χ2n) is 18.4. The minimum Gasteiger partial charge on any atom is -0.453 e. The predicted molar refractivity (Wildman–Crippen MR) is 219 cm³/mol. The highest BCUT2D eigenvalue weighted by Crippen LogP contribution is 2.59. The molecule has 3 aliphatic heterocycles. The number of thiophene rings is 1. The standard InChI is InChI=1S/C47H46BNOS/c1-44(2,3)29-18-21-37-30(26-29)39-43(51-37)47(8,9)32-24-28(27-14-11-10-12-15-27)25-35-40(32)48(39)33-16-13-17-36-41(33)49(35)34-20-19-31-38(42(34)50-36)46(6,7)23-22-45(31,4)5/h10-21,24-26H,22-23H2,1-9H3. The van der Waals surface area contributed by atoms with Crippen LogP contribution in [0.1, 0.15) is 102 Å². The highest BCUT2D eigenvalue weighted by atomic mass is 32.1. The Labute approximate surface area is 307 Å². The van der Waals surface area contributed by atoms with Gasteiger partial charge in [0, 0.05) is 26.2 Å². The average molecular weight is 684 g/mol. The fraction of sp³-hybridized carbons (Fsp3) is 0.319. The first-order valence-corrected chi connectivity index (χ1v) is 19.6. The van der Waals surface area contributed by atoms with Crippen molar-refractivity contribution in [3.8, 4) is 22.6 Å². The molecule has 254 valence electrons. The van der Waals surface area contributed by atoms with E-state index in [0.717, 1.165) is 17.9 Å². The minimum absolute atomic E-state index is 0.00614. The maximum atomic E-state index is 7.25. The van der Waals surface area contributed by atoms with Crippen LogP contribution in [0, 0.1) is 0 Å². The van der Waals surface area contributed by atoms with Gasteiger partial charge in [-0.3, -0.25) is 0 Å². The molecule has 0 spiro atoms. The summed E-state index contributed by atoms with van der Waals surface area (Å²) in [5, 5.41) is 1.41. The van der Waals surface area contributed by atoms with Gasteiger partial charge in [-0.1, -0.05) is 129 Å². The quantitative estimate of drug-likeness (QED) is 0.160. The molecule has 10 rings (SSSR count). The third kappa shape index (κ3) is 4.17. The number of ether oxygens (including phenoxy) is 1. The van der Waals surface area contributed by atoms with Gasteiger partial charge < -0.3 is 9.64 Å². The summed E-state index contributed by atoms with van der Waals surface area (Å²) < 4.78 is 8.62. The first-order chi connectivity index (χ1) is 24.2. The Balaban J connectivity index is 1.33.